The van der Waals surface area contributed by atoms with Gasteiger partial charge in [-0.15, -0.1) is 0 Å². The number of halogens is 1. The number of hydrogen-bond donors (Lipinski definition) is 0. The van der Waals surface area contributed by atoms with Gasteiger partial charge in [0.15, 0.2) is 6.04 Å². The minimum absolute atomic E-state index is 0.0703. The van der Waals surface area contributed by atoms with Crippen LogP contribution in [-0.2, 0) is 19.1 Å². The molecule has 0 radical (unpaired) electrons. The average Bonchev–Trinajstić information content (AvgIpc) is 2.57. The second-order valence-electron chi connectivity index (χ2n) is 5.99. The number of esters is 1. The highest BCUT2D eigenvalue weighted by Crippen LogP contribution is 2.25. The molecule has 0 aliphatic heterocycles. The third kappa shape index (κ3) is 6.24. The molecule has 1 aromatic carbocycles. The Kier molecular flexibility index (Phi) is 9.00. The molecule has 0 heterocycles. The summed E-state index contributed by atoms with van der Waals surface area (Å²) < 4.78 is 11.0. The van der Waals surface area contributed by atoms with Crippen molar-refractivity contribution in [2.45, 2.75) is 32.7 Å². The van der Waals surface area contributed by atoms with E-state index in [9.17, 15) is 9.59 Å². The van der Waals surface area contributed by atoms with E-state index in [1.807, 2.05) is 24.3 Å². The minimum atomic E-state index is -0.766. The van der Waals surface area contributed by atoms with Gasteiger partial charge >= 0.3 is 5.97 Å². The number of carbonyl (C=O) groups is 2. The van der Waals surface area contributed by atoms with Crippen molar-refractivity contribution < 1.29 is 19.1 Å². The van der Waals surface area contributed by atoms with Crippen molar-refractivity contribution in [1.29, 1.82) is 0 Å². The molecule has 1 rings (SSSR count). The molecule has 1 aromatic rings. The Balaban J connectivity index is 3.11. The topological polar surface area (TPSA) is 55.8 Å². The highest BCUT2D eigenvalue weighted by Gasteiger charge is 2.31. The standard InChI is InChI=1S/C18H26BrNO4/c1-13(2)5-10-16(21)20(11-12-23-3)17(18(22)24-4)14-6-8-15(19)9-7-14/h6-9,13,17H,5,10-12H2,1-4H3. The summed E-state index contributed by atoms with van der Waals surface area (Å²) in [5, 5.41) is 0. The zero-order chi connectivity index (χ0) is 18.1. The summed E-state index contributed by atoms with van der Waals surface area (Å²) in [6, 6.07) is 6.57. The summed E-state index contributed by atoms with van der Waals surface area (Å²) in [7, 11) is 2.91. The van der Waals surface area contributed by atoms with E-state index in [1.165, 1.54) is 7.11 Å². The Morgan fingerprint density at radius 1 is 1.17 bits per heavy atom. The summed E-state index contributed by atoms with van der Waals surface area (Å²) >= 11 is 3.38. The van der Waals surface area contributed by atoms with Gasteiger partial charge in [-0.1, -0.05) is 41.9 Å². The van der Waals surface area contributed by atoms with Gasteiger partial charge in [-0.2, -0.15) is 0 Å². The molecule has 0 N–H and O–H groups in total. The van der Waals surface area contributed by atoms with Crippen molar-refractivity contribution in [3.63, 3.8) is 0 Å². The lowest BCUT2D eigenvalue weighted by Crippen LogP contribution is -2.41. The average molecular weight is 400 g/mol. The highest BCUT2D eigenvalue weighted by molar-refractivity contribution is 9.10. The number of benzene rings is 1. The molecule has 134 valence electrons. The molecule has 5 nitrogen and oxygen atoms in total. The van der Waals surface area contributed by atoms with Gasteiger partial charge in [-0.25, -0.2) is 4.79 Å². The molecule has 0 spiro atoms. The highest BCUT2D eigenvalue weighted by atomic mass is 79.9. The molecule has 1 amide bonds. The van der Waals surface area contributed by atoms with Crippen molar-refractivity contribution in [2.75, 3.05) is 27.4 Å². The monoisotopic (exact) mass is 399 g/mol. The van der Waals surface area contributed by atoms with Crippen LogP contribution in [-0.4, -0.2) is 44.1 Å². The molecule has 0 aromatic heterocycles. The maximum Gasteiger partial charge on any atom is 0.333 e. The quantitative estimate of drug-likeness (QED) is 0.595. The normalized spacial score (nSPS) is 12.1. The largest absolute Gasteiger partial charge is 0.467 e. The molecule has 6 heteroatoms. The molecule has 1 atom stereocenters. The number of hydrogen-bond acceptors (Lipinski definition) is 4. The van der Waals surface area contributed by atoms with Gasteiger partial charge in [-0.3, -0.25) is 4.79 Å². The Labute approximate surface area is 152 Å². The number of methoxy groups -OCH3 is 2. The van der Waals surface area contributed by atoms with Crippen molar-refractivity contribution in [3.05, 3.63) is 34.3 Å². The number of ether oxygens (including phenoxy) is 2. The van der Waals surface area contributed by atoms with E-state index in [0.717, 1.165) is 16.5 Å². The second-order valence-corrected chi connectivity index (χ2v) is 6.91. The Bertz CT molecular complexity index is 530. The van der Waals surface area contributed by atoms with E-state index in [4.69, 9.17) is 9.47 Å². The van der Waals surface area contributed by atoms with Crippen LogP contribution in [0, 0.1) is 5.92 Å². The Morgan fingerprint density at radius 3 is 2.29 bits per heavy atom. The second kappa shape index (κ2) is 10.5. The molecule has 0 saturated heterocycles. The molecular weight excluding hydrogens is 374 g/mol. The predicted molar refractivity (Wildman–Crippen MR) is 96.6 cm³/mol. The SMILES string of the molecule is COCCN(C(=O)CCC(C)C)C(C(=O)OC)c1ccc(Br)cc1. The molecule has 0 aliphatic rings. The maximum atomic E-state index is 12.7. The van der Waals surface area contributed by atoms with Crippen molar-refractivity contribution in [1.82, 2.24) is 4.90 Å². The fraction of sp³-hybridized carbons (Fsp3) is 0.556. The Hall–Kier alpha value is -1.40. The van der Waals surface area contributed by atoms with Crippen LogP contribution in [0.5, 0.6) is 0 Å². The lowest BCUT2D eigenvalue weighted by Gasteiger charge is -2.30. The number of carbonyl (C=O) groups excluding carboxylic acids is 2. The van der Waals surface area contributed by atoms with Crippen LogP contribution in [0.15, 0.2) is 28.7 Å². The first-order valence-electron chi connectivity index (χ1n) is 8.02. The zero-order valence-electron chi connectivity index (χ0n) is 14.8. The van der Waals surface area contributed by atoms with Gasteiger partial charge < -0.3 is 14.4 Å². The van der Waals surface area contributed by atoms with Gasteiger partial charge in [0, 0.05) is 24.5 Å². The van der Waals surface area contributed by atoms with Crippen molar-refractivity contribution >= 4 is 27.8 Å². The van der Waals surface area contributed by atoms with Crippen LogP contribution in [0.1, 0.15) is 38.3 Å². The van der Waals surface area contributed by atoms with E-state index in [-0.39, 0.29) is 5.91 Å². The third-order valence-corrected chi connectivity index (χ3v) is 4.24. The van der Waals surface area contributed by atoms with Gasteiger partial charge in [0.2, 0.25) is 5.91 Å². The van der Waals surface area contributed by atoms with E-state index < -0.39 is 12.0 Å². The van der Waals surface area contributed by atoms with Crippen LogP contribution >= 0.6 is 15.9 Å². The number of rotatable bonds is 9. The minimum Gasteiger partial charge on any atom is -0.467 e. The number of amides is 1. The van der Waals surface area contributed by atoms with E-state index >= 15 is 0 Å². The smallest absolute Gasteiger partial charge is 0.333 e. The molecular formula is C18H26BrNO4. The molecule has 24 heavy (non-hydrogen) atoms. The number of nitrogens with zero attached hydrogens (tertiary/aromatic N) is 1. The first-order valence-corrected chi connectivity index (χ1v) is 8.81. The first-order chi connectivity index (χ1) is 11.4. The van der Waals surface area contributed by atoms with Crippen LogP contribution in [0.4, 0.5) is 0 Å². The fourth-order valence-corrected chi connectivity index (χ4v) is 2.61. The summed E-state index contributed by atoms with van der Waals surface area (Å²) in [5.41, 5.74) is 0.721. The summed E-state index contributed by atoms with van der Waals surface area (Å²) in [6.45, 7) is 4.83. The molecule has 0 aliphatic carbocycles. The maximum absolute atomic E-state index is 12.7. The molecule has 0 bridgehead atoms. The third-order valence-electron chi connectivity index (χ3n) is 3.71. The molecule has 0 fully saturated rings. The van der Waals surface area contributed by atoms with E-state index in [2.05, 4.69) is 29.8 Å². The van der Waals surface area contributed by atoms with Crippen LogP contribution in [0.3, 0.4) is 0 Å². The van der Waals surface area contributed by atoms with Crippen molar-refractivity contribution in [3.8, 4) is 0 Å². The van der Waals surface area contributed by atoms with Gasteiger partial charge in [0.25, 0.3) is 0 Å². The summed E-state index contributed by atoms with van der Waals surface area (Å²) in [6.07, 6.45) is 1.17. The molecule has 0 saturated carbocycles. The van der Waals surface area contributed by atoms with Gasteiger partial charge in [0.05, 0.1) is 13.7 Å². The summed E-state index contributed by atoms with van der Waals surface area (Å²) in [5.74, 6) is -0.104. The van der Waals surface area contributed by atoms with Crippen LogP contribution in [0.2, 0.25) is 0 Å². The van der Waals surface area contributed by atoms with Crippen molar-refractivity contribution in [2.24, 2.45) is 5.92 Å². The molecule has 1 unspecified atom stereocenters. The van der Waals surface area contributed by atoms with E-state index in [1.54, 1.807) is 12.0 Å². The zero-order valence-corrected chi connectivity index (χ0v) is 16.3. The predicted octanol–water partition coefficient (Wildman–Crippen LogP) is 3.57. The van der Waals surface area contributed by atoms with E-state index in [0.29, 0.717) is 25.5 Å². The lowest BCUT2D eigenvalue weighted by atomic mass is 10.0. The van der Waals surface area contributed by atoms with Crippen LogP contribution in [0.25, 0.3) is 0 Å². The summed E-state index contributed by atoms with van der Waals surface area (Å²) in [4.78, 5) is 26.6. The fourth-order valence-electron chi connectivity index (χ4n) is 2.34. The first kappa shape index (κ1) is 20.6. The Morgan fingerprint density at radius 2 is 1.79 bits per heavy atom. The van der Waals surface area contributed by atoms with Crippen LogP contribution < -0.4 is 0 Å². The van der Waals surface area contributed by atoms with Gasteiger partial charge in [-0.05, 0) is 30.0 Å². The van der Waals surface area contributed by atoms with Gasteiger partial charge in [0.1, 0.15) is 0 Å². The lowest BCUT2D eigenvalue weighted by molar-refractivity contribution is -0.154.